The lowest BCUT2D eigenvalue weighted by molar-refractivity contribution is 0.0236. The van der Waals surface area contributed by atoms with Crippen molar-refractivity contribution in [1.29, 1.82) is 0 Å². The van der Waals surface area contributed by atoms with E-state index in [0.717, 1.165) is 38.2 Å². The number of ether oxygens (including phenoxy) is 1. The molecule has 122 valence electrons. The molecular formula is C17H26N2O3. The highest BCUT2D eigenvalue weighted by Crippen LogP contribution is 2.40. The summed E-state index contributed by atoms with van der Waals surface area (Å²) in [5, 5.41) is 6.07. The fourth-order valence-electron chi connectivity index (χ4n) is 3.32. The predicted molar refractivity (Wildman–Crippen MR) is 83.7 cm³/mol. The van der Waals surface area contributed by atoms with Gasteiger partial charge in [0, 0.05) is 31.7 Å². The molecule has 0 spiro atoms. The third-order valence-electron chi connectivity index (χ3n) is 5.05. The Hall–Kier alpha value is -1.49. The van der Waals surface area contributed by atoms with E-state index in [2.05, 4.69) is 24.5 Å². The minimum Gasteiger partial charge on any atom is -0.469 e. The van der Waals surface area contributed by atoms with Crippen LogP contribution in [-0.4, -0.2) is 31.8 Å². The van der Waals surface area contributed by atoms with Crippen molar-refractivity contribution in [2.24, 2.45) is 11.3 Å². The monoisotopic (exact) mass is 306 g/mol. The van der Waals surface area contributed by atoms with Crippen molar-refractivity contribution in [3.63, 3.8) is 0 Å². The van der Waals surface area contributed by atoms with Gasteiger partial charge in [0.2, 0.25) is 0 Å². The Bertz CT molecular complexity index is 492. The molecule has 1 aromatic heterocycles. The molecule has 2 aliphatic rings. The van der Waals surface area contributed by atoms with Crippen molar-refractivity contribution >= 4 is 6.03 Å². The lowest BCUT2D eigenvalue weighted by Crippen LogP contribution is -2.45. The third-order valence-corrected chi connectivity index (χ3v) is 5.05. The number of amides is 2. The van der Waals surface area contributed by atoms with Gasteiger partial charge in [0.15, 0.2) is 0 Å². The Balaban J connectivity index is 1.41. The molecule has 2 heterocycles. The van der Waals surface area contributed by atoms with Gasteiger partial charge in [-0.15, -0.1) is 0 Å². The Morgan fingerprint density at radius 2 is 2.14 bits per heavy atom. The highest BCUT2D eigenvalue weighted by molar-refractivity contribution is 5.74. The number of carbonyl (C=O) groups excluding carboxylic acids is 1. The lowest BCUT2D eigenvalue weighted by Gasteiger charge is -2.37. The zero-order valence-electron chi connectivity index (χ0n) is 13.4. The van der Waals surface area contributed by atoms with Crippen molar-refractivity contribution in [1.82, 2.24) is 10.6 Å². The first kappa shape index (κ1) is 15.4. The minimum atomic E-state index is -0.0702. The number of urea groups is 1. The molecule has 0 aromatic carbocycles. The quantitative estimate of drug-likeness (QED) is 0.879. The van der Waals surface area contributed by atoms with E-state index >= 15 is 0 Å². The molecule has 3 rings (SSSR count). The number of furan rings is 1. The molecule has 1 saturated heterocycles. The van der Waals surface area contributed by atoms with Crippen LogP contribution in [0.1, 0.15) is 44.8 Å². The number of carbonyl (C=O) groups is 1. The van der Waals surface area contributed by atoms with Crippen molar-refractivity contribution < 1.29 is 13.9 Å². The zero-order valence-corrected chi connectivity index (χ0v) is 13.4. The second-order valence-corrected chi connectivity index (χ2v) is 7.17. The Morgan fingerprint density at radius 1 is 1.36 bits per heavy atom. The molecule has 0 unspecified atom stereocenters. The minimum absolute atomic E-state index is 0.0702. The zero-order chi connectivity index (χ0) is 15.6. The molecule has 5 nitrogen and oxygen atoms in total. The Morgan fingerprint density at radius 3 is 2.82 bits per heavy atom. The first-order valence-corrected chi connectivity index (χ1v) is 8.22. The van der Waals surface area contributed by atoms with E-state index < -0.39 is 0 Å². The number of rotatable bonds is 5. The van der Waals surface area contributed by atoms with Crippen LogP contribution < -0.4 is 10.6 Å². The van der Waals surface area contributed by atoms with E-state index in [1.54, 1.807) is 6.26 Å². The van der Waals surface area contributed by atoms with Gasteiger partial charge in [0.1, 0.15) is 5.76 Å². The normalized spacial score (nSPS) is 25.7. The van der Waals surface area contributed by atoms with E-state index in [4.69, 9.17) is 9.15 Å². The predicted octanol–water partition coefficient (Wildman–Crippen LogP) is 2.89. The van der Waals surface area contributed by atoms with E-state index in [9.17, 15) is 4.79 Å². The molecule has 2 atom stereocenters. The van der Waals surface area contributed by atoms with E-state index in [-0.39, 0.29) is 17.5 Å². The Labute approximate surface area is 131 Å². The SMILES string of the molecule is CC(C)(CNC(=O)N[C@@H]1C[C@H]1c1ccco1)C1CCOCC1. The number of hydrogen-bond acceptors (Lipinski definition) is 3. The van der Waals surface area contributed by atoms with E-state index in [1.165, 1.54) is 0 Å². The second kappa shape index (κ2) is 6.32. The summed E-state index contributed by atoms with van der Waals surface area (Å²) in [5.74, 6) is 1.91. The van der Waals surface area contributed by atoms with Crippen LogP contribution in [0.4, 0.5) is 4.79 Å². The van der Waals surface area contributed by atoms with E-state index in [0.29, 0.717) is 18.4 Å². The van der Waals surface area contributed by atoms with Crippen molar-refractivity contribution in [3.8, 4) is 0 Å². The van der Waals surface area contributed by atoms with Crippen molar-refractivity contribution in [2.75, 3.05) is 19.8 Å². The average molecular weight is 306 g/mol. The standard InChI is InChI=1S/C17H26N2O3/c1-17(2,12-5-8-21-9-6-12)11-18-16(20)19-14-10-13(14)15-4-3-7-22-15/h3-4,7,12-14H,5-6,8-11H2,1-2H3,(H2,18,19,20)/t13-,14-/m1/s1. The van der Waals surface area contributed by atoms with Gasteiger partial charge in [-0.3, -0.25) is 0 Å². The van der Waals surface area contributed by atoms with Crippen LogP contribution in [-0.2, 0) is 4.74 Å². The number of hydrogen-bond donors (Lipinski definition) is 2. The highest BCUT2D eigenvalue weighted by atomic mass is 16.5. The third kappa shape index (κ3) is 3.64. The molecule has 0 bridgehead atoms. The van der Waals surface area contributed by atoms with Gasteiger partial charge in [-0.05, 0) is 42.7 Å². The summed E-state index contributed by atoms with van der Waals surface area (Å²) in [5.41, 5.74) is 0.102. The van der Waals surface area contributed by atoms with Crippen LogP contribution in [0.25, 0.3) is 0 Å². The summed E-state index contributed by atoms with van der Waals surface area (Å²) in [7, 11) is 0. The smallest absolute Gasteiger partial charge is 0.315 e. The van der Waals surface area contributed by atoms with Crippen LogP contribution in [0.3, 0.4) is 0 Å². The van der Waals surface area contributed by atoms with Gasteiger partial charge >= 0.3 is 6.03 Å². The van der Waals surface area contributed by atoms with Gasteiger partial charge in [-0.25, -0.2) is 4.79 Å². The molecule has 1 saturated carbocycles. The van der Waals surface area contributed by atoms with Crippen LogP contribution in [0.5, 0.6) is 0 Å². The summed E-state index contributed by atoms with van der Waals surface area (Å²) < 4.78 is 10.8. The molecule has 1 aliphatic carbocycles. The Kier molecular flexibility index (Phi) is 4.43. The first-order valence-electron chi connectivity index (χ1n) is 8.22. The summed E-state index contributed by atoms with van der Waals surface area (Å²) in [4.78, 5) is 12.1. The van der Waals surface area contributed by atoms with Gasteiger partial charge in [0.05, 0.1) is 6.26 Å². The molecule has 1 aliphatic heterocycles. The summed E-state index contributed by atoms with van der Waals surface area (Å²) >= 11 is 0. The van der Waals surface area contributed by atoms with Crippen LogP contribution in [0.15, 0.2) is 22.8 Å². The molecule has 2 N–H and O–H groups in total. The molecule has 5 heteroatoms. The molecule has 2 amide bonds. The van der Waals surface area contributed by atoms with Crippen LogP contribution in [0, 0.1) is 11.3 Å². The fourth-order valence-corrected chi connectivity index (χ4v) is 3.32. The summed E-state index contributed by atoms with van der Waals surface area (Å²) in [6.07, 6.45) is 4.81. The molecule has 2 fully saturated rings. The topological polar surface area (TPSA) is 63.5 Å². The van der Waals surface area contributed by atoms with Gasteiger partial charge in [0.25, 0.3) is 0 Å². The summed E-state index contributed by atoms with van der Waals surface area (Å²) in [6.45, 7) is 6.83. The second-order valence-electron chi connectivity index (χ2n) is 7.17. The summed E-state index contributed by atoms with van der Waals surface area (Å²) in [6, 6.07) is 4.00. The largest absolute Gasteiger partial charge is 0.469 e. The maximum atomic E-state index is 12.1. The number of nitrogens with one attached hydrogen (secondary N) is 2. The molecule has 0 radical (unpaired) electrons. The van der Waals surface area contributed by atoms with Crippen molar-refractivity contribution in [3.05, 3.63) is 24.2 Å². The maximum Gasteiger partial charge on any atom is 0.315 e. The fraction of sp³-hybridized carbons (Fsp3) is 0.706. The molecular weight excluding hydrogens is 280 g/mol. The average Bonchev–Trinajstić information content (AvgIpc) is 3.06. The van der Waals surface area contributed by atoms with Crippen molar-refractivity contribution in [2.45, 2.75) is 45.1 Å². The van der Waals surface area contributed by atoms with Gasteiger partial charge < -0.3 is 19.8 Å². The molecule has 22 heavy (non-hydrogen) atoms. The first-order chi connectivity index (χ1) is 10.6. The maximum absolute atomic E-state index is 12.1. The lowest BCUT2D eigenvalue weighted by atomic mass is 9.74. The molecule has 1 aromatic rings. The van der Waals surface area contributed by atoms with E-state index in [1.807, 2.05) is 12.1 Å². The van der Waals surface area contributed by atoms with Gasteiger partial charge in [-0.2, -0.15) is 0 Å². The van der Waals surface area contributed by atoms with Gasteiger partial charge in [-0.1, -0.05) is 13.8 Å². The van der Waals surface area contributed by atoms with Crippen LogP contribution >= 0.6 is 0 Å². The highest BCUT2D eigenvalue weighted by Gasteiger charge is 2.41. The van der Waals surface area contributed by atoms with Crippen LogP contribution in [0.2, 0.25) is 0 Å².